The van der Waals surface area contributed by atoms with Crippen molar-refractivity contribution < 1.29 is 13.6 Å². The maximum Gasteiger partial charge on any atom is 0.255 e. The van der Waals surface area contributed by atoms with Crippen molar-refractivity contribution in [3.05, 3.63) is 83.5 Å². The van der Waals surface area contributed by atoms with Crippen molar-refractivity contribution >= 4 is 22.6 Å². The Bertz CT molecular complexity index is 1220. The number of aromatic nitrogens is 1. The third kappa shape index (κ3) is 3.72. The molecule has 0 aliphatic carbocycles. The number of carbonyl (C=O) groups excluding carboxylic acids is 1. The second kappa shape index (κ2) is 7.67. The normalized spacial score (nSPS) is 25.8. The SMILES string of the molecule is Cc1nc2c(F)cc(C3=C\C(=O)N4C=C(N5CCN[C@@H](C)C5)C=C\C4=C/C=C/3)cc2o1. The molecule has 1 aromatic heterocycles. The second-order valence-corrected chi connectivity index (χ2v) is 7.98. The number of amides is 1. The molecule has 1 N–H and O–H groups in total. The highest BCUT2D eigenvalue weighted by Crippen LogP contribution is 2.28. The van der Waals surface area contributed by atoms with Crippen molar-refractivity contribution in [2.45, 2.75) is 19.9 Å². The van der Waals surface area contributed by atoms with Gasteiger partial charge >= 0.3 is 0 Å². The maximum atomic E-state index is 14.5. The predicted octanol–water partition coefficient (Wildman–Crippen LogP) is 3.65. The van der Waals surface area contributed by atoms with Gasteiger partial charge in [0.15, 0.2) is 17.3 Å². The van der Waals surface area contributed by atoms with E-state index in [4.69, 9.17) is 4.42 Å². The number of carbonyl (C=O) groups is 1. The van der Waals surface area contributed by atoms with Crippen LogP contribution in [0.15, 0.2) is 70.6 Å². The van der Waals surface area contributed by atoms with E-state index in [2.05, 4.69) is 22.1 Å². The van der Waals surface area contributed by atoms with Crippen LogP contribution < -0.4 is 5.32 Å². The first kappa shape index (κ1) is 19.5. The molecule has 5 rings (SSSR count). The predicted molar refractivity (Wildman–Crippen MR) is 117 cm³/mol. The van der Waals surface area contributed by atoms with Crippen molar-refractivity contribution in [3.63, 3.8) is 0 Å². The van der Waals surface area contributed by atoms with E-state index < -0.39 is 5.82 Å². The molecule has 2 aromatic rings. The lowest BCUT2D eigenvalue weighted by atomic mass is 10.0. The van der Waals surface area contributed by atoms with Crippen LogP contribution in [0.25, 0.3) is 16.7 Å². The first-order chi connectivity index (χ1) is 15.0. The van der Waals surface area contributed by atoms with E-state index in [9.17, 15) is 9.18 Å². The summed E-state index contributed by atoms with van der Waals surface area (Å²) in [4.78, 5) is 21.1. The van der Waals surface area contributed by atoms with Crippen LogP contribution in [-0.2, 0) is 4.79 Å². The molecule has 0 bridgehead atoms. The zero-order valence-corrected chi connectivity index (χ0v) is 17.4. The molecule has 158 valence electrons. The number of allylic oxidation sites excluding steroid dienone is 6. The van der Waals surface area contributed by atoms with Crippen molar-refractivity contribution in [3.8, 4) is 0 Å². The van der Waals surface area contributed by atoms with Crippen LogP contribution >= 0.6 is 0 Å². The molecule has 0 radical (unpaired) electrons. The zero-order valence-electron chi connectivity index (χ0n) is 17.4. The molecule has 0 unspecified atom stereocenters. The summed E-state index contributed by atoms with van der Waals surface area (Å²) in [6, 6.07) is 3.49. The van der Waals surface area contributed by atoms with Crippen LogP contribution in [0, 0.1) is 12.7 Å². The van der Waals surface area contributed by atoms with Crippen LogP contribution in [0.4, 0.5) is 4.39 Å². The fourth-order valence-electron chi connectivity index (χ4n) is 4.13. The molecule has 1 atom stereocenters. The smallest absolute Gasteiger partial charge is 0.255 e. The summed E-state index contributed by atoms with van der Waals surface area (Å²) in [7, 11) is 0. The Morgan fingerprint density at radius 2 is 2.06 bits per heavy atom. The van der Waals surface area contributed by atoms with E-state index in [-0.39, 0.29) is 11.4 Å². The molecule has 1 fully saturated rings. The number of fused-ring (bicyclic) bond motifs is 2. The van der Waals surface area contributed by atoms with Crippen LogP contribution in [0.3, 0.4) is 0 Å². The highest BCUT2D eigenvalue weighted by Gasteiger charge is 2.23. The van der Waals surface area contributed by atoms with Crippen LogP contribution in [0.1, 0.15) is 18.4 Å². The first-order valence-corrected chi connectivity index (χ1v) is 10.4. The number of hydrogen-bond acceptors (Lipinski definition) is 5. The summed E-state index contributed by atoms with van der Waals surface area (Å²) in [5, 5.41) is 3.43. The number of benzene rings is 1. The van der Waals surface area contributed by atoms with E-state index in [0.717, 1.165) is 31.0 Å². The molecule has 4 heterocycles. The number of oxazole rings is 1. The van der Waals surface area contributed by atoms with E-state index in [0.29, 0.717) is 28.7 Å². The zero-order chi connectivity index (χ0) is 21.5. The van der Waals surface area contributed by atoms with Crippen molar-refractivity contribution in [2.75, 3.05) is 19.6 Å². The number of nitrogens with one attached hydrogen (secondary N) is 1. The lowest BCUT2D eigenvalue weighted by molar-refractivity contribution is -0.122. The standard InChI is InChI=1S/C24H23FN4O2/c1-15-13-28(9-8-26-15)20-7-6-19-5-3-4-17(12-23(30)29(19)14-20)18-10-21(25)24-22(11-18)31-16(2)27-24/h3-7,10-12,14-15,26H,8-9,13H2,1-2H3/b4-3+,17-12+,19-5+/t15-/m0/s1. The fraction of sp³-hybridized carbons (Fsp3) is 0.250. The van der Waals surface area contributed by atoms with E-state index in [1.807, 2.05) is 30.5 Å². The summed E-state index contributed by atoms with van der Waals surface area (Å²) in [5.74, 6) is -0.262. The minimum atomic E-state index is -0.472. The summed E-state index contributed by atoms with van der Waals surface area (Å²) in [6.45, 7) is 6.51. The number of aryl methyl sites for hydroxylation is 1. The highest BCUT2D eigenvalue weighted by molar-refractivity contribution is 6.00. The Hall–Kier alpha value is -3.45. The van der Waals surface area contributed by atoms with Crippen molar-refractivity contribution in [1.82, 2.24) is 20.1 Å². The third-order valence-electron chi connectivity index (χ3n) is 5.65. The molecule has 1 amide bonds. The highest BCUT2D eigenvalue weighted by atomic mass is 19.1. The van der Waals surface area contributed by atoms with Gasteiger partial charge in [0.05, 0.1) is 5.70 Å². The molecular weight excluding hydrogens is 395 g/mol. The summed E-state index contributed by atoms with van der Waals surface area (Å²) in [5.41, 5.74) is 3.53. The maximum absolute atomic E-state index is 14.5. The molecule has 0 spiro atoms. The molecule has 3 aliphatic rings. The number of piperazine rings is 1. The van der Waals surface area contributed by atoms with Gasteiger partial charge in [0.2, 0.25) is 0 Å². The van der Waals surface area contributed by atoms with E-state index in [1.54, 1.807) is 24.0 Å². The molecule has 31 heavy (non-hydrogen) atoms. The van der Waals surface area contributed by atoms with Gasteiger partial charge in [-0.15, -0.1) is 0 Å². The Labute approximate surface area is 179 Å². The fourth-order valence-corrected chi connectivity index (χ4v) is 4.13. The Morgan fingerprint density at radius 1 is 1.23 bits per heavy atom. The van der Waals surface area contributed by atoms with Gasteiger partial charge in [-0.1, -0.05) is 12.2 Å². The summed E-state index contributed by atoms with van der Waals surface area (Å²) >= 11 is 0. The Morgan fingerprint density at radius 3 is 2.90 bits per heavy atom. The average Bonchev–Trinajstić information content (AvgIpc) is 3.12. The lowest BCUT2D eigenvalue weighted by Gasteiger charge is -2.36. The van der Waals surface area contributed by atoms with Gasteiger partial charge in [0.1, 0.15) is 5.52 Å². The molecule has 7 heteroatoms. The van der Waals surface area contributed by atoms with Gasteiger partial charge in [0, 0.05) is 50.6 Å². The molecule has 0 saturated carbocycles. The first-order valence-electron chi connectivity index (χ1n) is 10.4. The molecule has 6 nitrogen and oxygen atoms in total. The molecular formula is C24H23FN4O2. The quantitative estimate of drug-likeness (QED) is 0.807. The topological polar surface area (TPSA) is 61.6 Å². The largest absolute Gasteiger partial charge is 0.441 e. The second-order valence-electron chi connectivity index (χ2n) is 7.98. The van der Waals surface area contributed by atoms with Crippen LogP contribution in [-0.4, -0.2) is 46.4 Å². The Balaban J connectivity index is 1.49. The van der Waals surface area contributed by atoms with Gasteiger partial charge in [-0.2, -0.15) is 0 Å². The van der Waals surface area contributed by atoms with Gasteiger partial charge in [-0.3, -0.25) is 9.69 Å². The Kier molecular flexibility index (Phi) is 4.82. The molecule has 1 aromatic carbocycles. The number of nitrogens with zero attached hydrogens (tertiary/aromatic N) is 3. The molecule has 3 aliphatic heterocycles. The van der Waals surface area contributed by atoms with Crippen molar-refractivity contribution in [2.24, 2.45) is 0 Å². The van der Waals surface area contributed by atoms with Crippen molar-refractivity contribution in [1.29, 1.82) is 0 Å². The van der Waals surface area contributed by atoms with Gasteiger partial charge in [-0.25, -0.2) is 9.37 Å². The van der Waals surface area contributed by atoms with E-state index in [1.165, 1.54) is 12.1 Å². The summed E-state index contributed by atoms with van der Waals surface area (Å²) < 4.78 is 20.0. The number of rotatable bonds is 2. The number of halogens is 1. The average molecular weight is 418 g/mol. The van der Waals surface area contributed by atoms with Gasteiger partial charge in [-0.05, 0) is 48.4 Å². The van der Waals surface area contributed by atoms with E-state index >= 15 is 0 Å². The molecule has 1 saturated heterocycles. The van der Waals surface area contributed by atoms with Gasteiger partial charge < -0.3 is 14.6 Å². The minimum absolute atomic E-state index is 0.190. The van der Waals surface area contributed by atoms with Gasteiger partial charge in [0.25, 0.3) is 5.91 Å². The third-order valence-corrected chi connectivity index (χ3v) is 5.65. The van der Waals surface area contributed by atoms with Crippen LogP contribution in [0.5, 0.6) is 0 Å². The van der Waals surface area contributed by atoms with Crippen LogP contribution in [0.2, 0.25) is 0 Å². The minimum Gasteiger partial charge on any atom is -0.441 e. The number of hydrogen-bond donors (Lipinski definition) is 1. The monoisotopic (exact) mass is 418 g/mol. The summed E-state index contributed by atoms with van der Waals surface area (Å²) in [6.07, 6.45) is 12.9. The lowest BCUT2D eigenvalue weighted by Crippen LogP contribution is -2.48.